The molecule has 0 saturated heterocycles. The molecule has 34 heteroatoms. The van der Waals surface area contributed by atoms with Crippen molar-refractivity contribution < 1.29 is 176 Å². The van der Waals surface area contributed by atoms with E-state index in [0.717, 1.165) is 0 Å². The summed E-state index contributed by atoms with van der Waals surface area (Å²) in [6.07, 6.45) is 0. The first-order valence-corrected chi connectivity index (χ1v) is 17.5. The number of rotatable bonds is 10. The van der Waals surface area contributed by atoms with E-state index >= 15 is 0 Å². The molecule has 0 radical (unpaired) electrons. The van der Waals surface area contributed by atoms with Crippen LogP contribution >= 0.6 is 29.5 Å². The minimum Gasteiger partial charge on any atom is -0.724 e. The first kappa shape index (κ1) is 49.8. The van der Waals surface area contributed by atoms with Crippen LogP contribution in [0.25, 0.3) is 0 Å². The predicted molar refractivity (Wildman–Crippen MR) is 97.7 cm³/mol. The first-order valence-electron chi connectivity index (χ1n) is 4.73. The van der Waals surface area contributed by atoms with Gasteiger partial charge in [-0.2, -0.15) is 33.7 Å². The average Bonchev–Trinajstić information content (AvgIpc) is 2.39. The minimum atomic E-state index is -5.27. The van der Waals surface area contributed by atoms with Gasteiger partial charge in [0.25, 0.3) is 0 Å². The minimum absolute atomic E-state index is 0. The van der Waals surface area contributed by atoms with Crippen LogP contribution in [-0.4, -0.2) is 77.8 Å². The molecule has 0 fully saturated rings. The Kier molecular flexibility index (Phi) is 30.5. The second kappa shape index (κ2) is 20.8. The van der Waals surface area contributed by atoms with Crippen molar-refractivity contribution >= 4 is 89.4 Å². The molecule has 0 saturated carbocycles. The average molecular weight is 724 g/mol. The van der Waals surface area contributed by atoms with Crippen molar-refractivity contribution in [3.8, 4) is 0 Å². The van der Waals surface area contributed by atoms with Gasteiger partial charge in [-0.3, -0.25) is 18.2 Å². The van der Waals surface area contributed by atoms with E-state index in [4.69, 9.17) is 18.2 Å². The van der Waals surface area contributed by atoms with Crippen molar-refractivity contribution in [2.45, 2.75) is 0 Å². The van der Waals surface area contributed by atoms with Crippen molar-refractivity contribution in [1.29, 1.82) is 0 Å². The standard InChI is InChI=1S/K.H3N.Na.2H2O8S2.H2O6S5/c;;;2*1-9(2,3)7-8-10(4,5)6;1-10(2,3)8-7-9-11(4,5)6/h;1H3;;2*(H,1,2,3)(H,4,5,6);(H,1,2,3)(H,4,5,6)/q+1;;+1;;;/p-2. The van der Waals surface area contributed by atoms with Crippen LogP contribution in [0, 0.1) is 0 Å². The molecule has 0 aromatic carbocycles. The number of hydrogen-bond acceptors (Lipinski definition) is 22. The summed E-state index contributed by atoms with van der Waals surface area (Å²) in [7, 11) is -29.1. The Morgan fingerprint density at radius 3 is 0.824 bits per heavy atom. The van der Waals surface area contributed by atoms with E-state index in [0.29, 0.717) is 0 Å². The first-order chi connectivity index (χ1) is 13.1. The molecule has 34 heavy (non-hydrogen) atoms. The van der Waals surface area contributed by atoms with E-state index in [2.05, 4.69) is 17.3 Å². The molecule has 23 nitrogen and oxygen atoms in total. The normalized spacial score (nSPS) is 12.2. The van der Waals surface area contributed by atoms with Crippen molar-refractivity contribution in [2.24, 2.45) is 0 Å². The molecule has 0 aromatic heterocycles. The molecule has 0 aliphatic carbocycles. The SMILES string of the molecule is N.O=S(=O)(O)SSSS(=O)(=O)O.O=S(=O)([O-])OOS(=O)(=O)O.O=S(=O)([O-])OOS(=O)(=O)O.[K+].[Na+]. The third-order valence-electron chi connectivity index (χ3n) is 0.622. The van der Waals surface area contributed by atoms with Crippen LogP contribution in [0.15, 0.2) is 0 Å². The molecule has 0 aromatic rings. The van der Waals surface area contributed by atoms with Gasteiger partial charge in [0.1, 0.15) is 0 Å². The maximum absolute atomic E-state index is 9.92. The van der Waals surface area contributed by atoms with E-state index < -0.39 is 59.9 Å². The summed E-state index contributed by atoms with van der Waals surface area (Å²) in [6.45, 7) is 0. The molecule has 0 amide bonds. The molecule has 0 atom stereocenters. The van der Waals surface area contributed by atoms with Crippen molar-refractivity contribution in [3.63, 3.8) is 0 Å². The molecule has 0 rings (SSSR count). The van der Waals surface area contributed by atoms with Gasteiger partial charge >= 0.3 is 120 Å². The summed E-state index contributed by atoms with van der Waals surface area (Å²) in [4.78, 5) is 0. The Morgan fingerprint density at radius 2 is 0.735 bits per heavy atom. The van der Waals surface area contributed by atoms with Crippen LogP contribution in [0.2, 0.25) is 0 Å². The molecule has 0 spiro atoms. The van der Waals surface area contributed by atoms with Crippen LogP contribution in [0.4, 0.5) is 0 Å². The Hall–Kier alpha value is 2.95. The molecule has 0 bridgehead atoms. The van der Waals surface area contributed by atoms with Gasteiger partial charge in [0.05, 0.1) is 19.7 Å². The van der Waals surface area contributed by atoms with Gasteiger partial charge < -0.3 is 15.3 Å². The summed E-state index contributed by atoms with van der Waals surface area (Å²) in [6, 6.07) is 0. The molecule has 200 valence electrons. The Balaban J connectivity index is -0.0000000829. The monoisotopic (exact) mass is 723 g/mol. The van der Waals surface area contributed by atoms with Crippen molar-refractivity contribution in [2.75, 3.05) is 0 Å². The molecule has 0 aliphatic rings. The zero-order valence-electron chi connectivity index (χ0n) is 15.5. The van der Waals surface area contributed by atoms with Crippen LogP contribution in [0.1, 0.15) is 0 Å². The summed E-state index contributed by atoms with van der Waals surface area (Å²) in [5.41, 5.74) is 0. The molecule has 7 N–H and O–H groups in total. The second-order valence-corrected chi connectivity index (χ2v) is 16.4. The summed E-state index contributed by atoms with van der Waals surface area (Å²) in [5, 5.41) is 0. The van der Waals surface area contributed by atoms with Crippen LogP contribution < -0.4 is 87.1 Å². The van der Waals surface area contributed by atoms with Crippen molar-refractivity contribution in [1.82, 2.24) is 6.15 Å². The van der Waals surface area contributed by atoms with Crippen LogP contribution in [-0.2, 0) is 77.2 Å². The molecule has 0 unspecified atom stereocenters. The van der Waals surface area contributed by atoms with Gasteiger partial charge in [0.2, 0.25) is 20.8 Å². The molecular weight excluding hydrogens is 717 g/mol. The summed E-state index contributed by atoms with van der Waals surface area (Å²) in [5.74, 6) is 0. The Bertz CT molecular complexity index is 1010. The van der Waals surface area contributed by atoms with Crippen molar-refractivity contribution in [3.05, 3.63) is 0 Å². The van der Waals surface area contributed by atoms with E-state index in [9.17, 15) is 59.6 Å². The predicted octanol–water partition coefficient (Wildman–Crippen LogP) is -8.81. The van der Waals surface area contributed by atoms with Crippen LogP contribution in [0.3, 0.4) is 0 Å². The second-order valence-electron chi connectivity index (χ2n) is 3.00. The van der Waals surface area contributed by atoms with Gasteiger partial charge in [0, 0.05) is 9.83 Å². The summed E-state index contributed by atoms with van der Waals surface area (Å²) >= 11 is 0. The van der Waals surface area contributed by atoms with Gasteiger partial charge in [-0.1, -0.05) is 17.3 Å². The zero-order valence-corrected chi connectivity index (χ0v) is 28.0. The third kappa shape index (κ3) is 64.7. The van der Waals surface area contributed by atoms with Gasteiger partial charge in [0.15, 0.2) is 0 Å². The van der Waals surface area contributed by atoms with Gasteiger partial charge in [-0.15, -0.1) is 0 Å². The smallest absolute Gasteiger partial charge is 0.724 e. The quantitative estimate of drug-likeness (QED) is 0.0349. The largest absolute Gasteiger partial charge is 1.00 e. The maximum atomic E-state index is 9.92. The summed E-state index contributed by atoms with van der Waals surface area (Å²) < 4.78 is 176. The molecule has 0 heterocycles. The van der Waals surface area contributed by atoms with E-state index in [1.807, 2.05) is 0 Å². The maximum Gasteiger partial charge on any atom is 1.00 e. The van der Waals surface area contributed by atoms with E-state index in [1.165, 1.54) is 0 Å². The third-order valence-corrected chi connectivity index (χ3v) is 10.7. The number of hydrogen-bond donors (Lipinski definition) is 5. The zero-order chi connectivity index (χ0) is 25.9. The van der Waals surface area contributed by atoms with Gasteiger partial charge in [-0.25, -0.2) is 16.8 Å². The fourth-order valence-electron chi connectivity index (χ4n) is 0.220. The van der Waals surface area contributed by atoms with E-state index in [1.54, 1.807) is 0 Å². The van der Waals surface area contributed by atoms with Crippen LogP contribution in [0.5, 0.6) is 0 Å². The topological polar surface area (TPSA) is 404 Å². The molecule has 0 aliphatic heterocycles. The fraction of sp³-hybridized carbons (Fsp3) is 0. The fourth-order valence-corrected chi connectivity index (χ4v) is 9.69. The Morgan fingerprint density at radius 1 is 0.529 bits per heavy atom. The van der Waals surface area contributed by atoms with Gasteiger partial charge in [-0.05, 0) is 0 Å². The molecular formula is H7KNNaO22S9. The van der Waals surface area contributed by atoms with E-state index in [-0.39, 0.29) is 117 Å². The Labute approximate surface area is 267 Å².